The molecular weight excluding hydrogens is 354 g/mol. The highest BCUT2D eigenvalue weighted by molar-refractivity contribution is 5.91. The summed E-state index contributed by atoms with van der Waals surface area (Å²) in [5.41, 5.74) is 0.656. The summed E-state index contributed by atoms with van der Waals surface area (Å²) < 4.78 is 35.3. The zero-order valence-electron chi connectivity index (χ0n) is 13.9. The number of nitrogens with one attached hydrogen (secondary N) is 1. The van der Waals surface area contributed by atoms with Crippen LogP contribution >= 0.6 is 0 Å². The molecule has 0 fully saturated rings. The van der Waals surface area contributed by atoms with Crippen LogP contribution in [0.2, 0.25) is 0 Å². The van der Waals surface area contributed by atoms with Crippen LogP contribution in [0.4, 0.5) is 20.3 Å². The Kier molecular flexibility index (Phi) is 6.04. The van der Waals surface area contributed by atoms with Crippen LogP contribution in [-0.4, -0.2) is 33.8 Å². The van der Waals surface area contributed by atoms with Gasteiger partial charge in [-0.15, -0.1) is 4.68 Å². The van der Waals surface area contributed by atoms with Crippen molar-refractivity contribution in [2.75, 3.05) is 11.9 Å². The highest BCUT2D eigenvalue weighted by Gasteiger charge is 2.20. The third-order valence-electron chi connectivity index (χ3n) is 3.10. The number of halogens is 2. The minimum Gasteiger partial charge on any atom is -0.490 e. The first-order valence-electron chi connectivity index (χ1n) is 7.50. The average molecular weight is 370 g/mol. The number of carbonyl (C=O) groups is 1. The van der Waals surface area contributed by atoms with E-state index in [4.69, 9.17) is 4.74 Å². The number of amides is 1. The third-order valence-corrected chi connectivity index (χ3v) is 3.10. The predicted molar refractivity (Wildman–Crippen MR) is 86.5 cm³/mol. The normalized spacial score (nSPS) is 10.7. The Labute approximate surface area is 146 Å². The number of nitro groups is 1. The number of carbonyl (C=O) groups excluding carboxylic acids is 1. The molecule has 2 rings (SSSR count). The van der Waals surface area contributed by atoms with E-state index in [1.54, 1.807) is 13.8 Å². The van der Waals surface area contributed by atoms with Crippen LogP contribution in [0.1, 0.15) is 12.6 Å². The molecule has 1 N–H and O–H groups in total. The maximum Gasteiger partial charge on any atom is 0.387 e. The highest BCUT2D eigenvalue weighted by atomic mass is 19.3. The van der Waals surface area contributed by atoms with Crippen molar-refractivity contribution in [3.63, 3.8) is 0 Å². The van der Waals surface area contributed by atoms with E-state index >= 15 is 0 Å². The van der Waals surface area contributed by atoms with Crippen molar-refractivity contribution >= 4 is 17.4 Å². The van der Waals surface area contributed by atoms with E-state index in [1.807, 2.05) is 0 Å². The standard InChI is InChI=1S/C15H16F2N4O5/c1-3-25-12-7-10(4-5-11(12)26-15(16)17)18-13(22)8-20-14(21(23)24)6-9(2)19-20/h4-7,15H,3,8H2,1-2H3,(H,18,22). The highest BCUT2D eigenvalue weighted by Crippen LogP contribution is 2.31. The molecule has 140 valence electrons. The summed E-state index contributed by atoms with van der Waals surface area (Å²) in [6.07, 6.45) is 0. The lowest BCUT2D eigenvalue weighted by atomic mass is 10.2. The molecule has 0 aliphatic carbocycles. The molecule has 1 amide bonds. The number of rotatable bonds is 8. The summed E-state index contributed by atoms with van der Waals surface area (Å²) in [5, 5.41) is 17.3. The molecule has 0 aliphatic heterocycles. The molecule has 1 heterocycles. The summed E-state index contributed by atoms with van der Waals surface area (Å²) in [5.74, 6) is -1.03. The minimum absolute atomic E-state index is 0.0338. The Balaban J connectivity index is 2.13. The molecule has 11 heteroatoms. The van der Waals surface area contributed by atoms with Gasteiger partial charge in [-0.3, -0.25) is 4.79 Å². The van der Waals surface area contributed by atoms with Gasteiger partial charge in [0.05, 0.1) is 18.4 Å². The molecule has 0 unspecified atom stereocenters. The molecule has 9 nitrogen and oxygen atoms in total. The third kappa shape index (κ3) is 4.88. The second kappa shape index (κ2) is 8.23. The number of benzene rings is 1. The van der Waals surface area contributed by atoms with Gasteiger partial charge in [-0.25, -0.2) is 0 Å². The van der Waals surface area contributed by atoms with Crippen LogP contribution in [0.15, 0.2) is 24.3 Å². The van der Waals surface area contributed by atoms with Gasteiger partial charge in [-0.2, -0.15) is 8.78 Å². The molecule has 0 spiro atoms. The number of alkyl halides is 2. The second-order valence-corrected chi connectivity index (χ2v) is 5.08. The van der Waals surface area contributed by atoms with E-state index in [1.165, 1.54) is 24.3 Å². The van der Waals surface area contributed by atoms with Gasteiger partial charge in [-0.1, -0.05) is 5.10 Å². The molecule has 0 bridgehead atoms. The molecule has 1 aromatic carbocycles. The smallest absolute Gasteiger partial charge is 0.387 e. The zero-order chi connectivity index (χ0) is 19.3. The van der Waals surface area contributed by atoms with Crippen LogP contribution in [0.5, 0.6) is 11.5 Å². The second-order valence-electron chi connectivity index (χ2n) is 5.08. The number of ether oxygens (including phenoxy) is 2. The number of aromatic nitrogens is 2. The van der Waals surface area contributed by atoms with Crippen molar-refractivity contribution in [3.05, 3.63) is 40.1 Å². The van der Waals surface area contributed by atoms with Crippen LogP contribution in [0.3, 0.4) is 0 Å². The van der Waals surface area contributed by atoms with Crippen molar-refractivity contribution < 1.29 is 28.0 Å². The average Bonchev–Trinajstić information content (AvgIpc) is 2.90. The number of hydrogen-bond acceptors (Lipinski definition) is 6. The number of hydrogen-bond donors (Lipinski definition) is 1. The maximum absolute atomic E-state index is 12.4. The number of anilines is 1. The van der Waals surface area contributed by atoms with E-state index in [0.717, 1.165) is 4.68 Å². The van der Waals surface area contributed by atoms with Crippen molar-refractivity contribution in [1.82, 2.24) is 9.78 Å². The summed E-state index contributed by atoms with van der Waals surface area (Å²) in [4.78, 5) is 22.4. The fraction of sp³-hybridized carbons (Fsp3) is 0.333. The van der Waals surface area contributed by atoms with Gasteiger partial charge in [-0.05, 0) is 30.9 Å². The zero-order valence-corrected chi connectivity index (χ0v) is 13.9. The molecule has 0 radical (unpaired) electrons. The summed E-state index contributed by atoms with van der Waals surface area (Å²) >= 11 is 0. The van der Waals surface area contributed by atoms with Gasteiger partial charge in [0.25, 0.3) is 5.91 Å². The first-order chi connectivity index (χ1) is 12.3. The van der Waals surface area contributed by atoms with Crippen LogP contribution < -0.4 is 14.8 Å². The maximum atomic E-state index is 12.4. The van der Waals surface area contributed by atoms with E-state index in [9.17, 15) is 23.7 Å². The summed E-state index contributed by atoms with van der Waals surface area (Å²) in [6, 6.07) is 5.15. The minimum atomic E-state index is -3.02. The molecule has 0 saturated carbocycles. The van der Waals surface area contributed by atoms with E-state index in [0.29, 0.717) is 5.69 Å². The van der Waals surface area contributed by atoms with Gasteiger partial charge in [0.1, 0.15) is 0 Å². The lowest BCUT2D eigenvalue weighted by Crippen LogP contribution is -2.20. The fourth-order valence-corrected chi connectivity index (χ4v) is 2.18. The number of aryl methyl sites for hydroxylation is 1. The summed E-state index contributed by atoms with van der Waals surface area (Å²) in [6.45, 7) is 0.0334. The topological polar surface area (TPSA) is 109 Å². The Morgan fingerprint density at radius 2 is 2.12 bits per heavy atom. The molecule has 0 aliphatic rings. The molecule has 0 atom stereocenters. The Hall–Kier alpha value is -3.24. The molecule has 0 saturated heterocycles. The van der Waals surface area contributed by atoms with E-state index in [2.05, 4.69) is 15.2 Å². The van der Waals surface area contributed by atoms with Gasteiger partial charge in [0, 0.05) is 11.8 Å². The quantitative estimate of drug-likeness (QED) is 0.565. The Morgan fingerprint density at radius 1 is 1.38 bits per heavy atom. The largest absolute Gasteiger partial charge is 0.490 e. The van der Waals surface area contributed by atoms with E-state index in [-0.39, 0.29) is 36.2 Å². The monoisotopic (exact) mass is 370 g/mol. The van der Waals surface area contributed by atoms with Gasteiger partial charge >= 0.3 is 12.4 Å². The van der Waals surface area contributed by atoms with Crippen molar-refractivity contribution in [3.8, 4) is 11.5 Å². The summed E-state index contributed by atoms with van der Waals surface area (Å²) in [7, 11) is 0. The predicted octanol–water partition coefficient (Wildman–Crippen LogP) is 2.74. The van der Waals surface area contributed by atoms with Gasteiger partial charge in [0.15, 0.2) is 18.0 Å². The Morgan fingerprint density at radius 3 is 2.73 bits per heavy atom. The SMILES string of the molecule is CCOc1cc(NC(=O)Cn2nc(C)cc2[N+](=O)[O-])ccc1OC(F)F. The van der Waals surface area contributed by atoms with E-state index < -0.39 is 17.4 Å². The van der Waals surface area contributed by atoms with Crippen molar-refractivity contribution in [2.24, 2.45) is 0 Å². The molecule has 2 aromatic rings. The van der Waals surface area contributed by atoms with Crippen LogP contribution in [0.25, 0.3) is 0 Å². The Bertz CT molecular complexity index is 809. The first kappa shape index (κ1) is 19.1. The van der Waals surface area contributed by atoms with Crippen LogP contribution in [-0.2, 0) is 11.3 Å². The number of nitrogens with zero attached hydrogens (tertiary/aromatic N) is 3. The lowest BCUT2D eigenvalue weighted by Gasteiger charge is -2.13. The molecule has 26 heavy (non-hydrogen) atoms. The molecular formula is C15H16F2N4O5. The molecule has 1 aromatic heterocycles. The van der Waals surface area contributed by atoms with Gasteiger partial charge < -0.3 is 24.9 Å². The van der Waals surface area contributed by atoms with Crippen molar-refractivity contribution in [1.29, 1.82) is 0 Å². The van der Waals surface area contributed by atoms with Gasteiger partial charge in [0.2, 0.25) is 0 Å². The fourth-order valence-electron chi connectivity index (χ4n) is 2.18. The lowest BCUT2D eigenvalue weighted by molar-refractivity contribution is -0.392. The first-order valence-corrected chi connectivity index (χ1v) is 7.50. The van der Waals surface area contributed by atoms with Crippen LogP contribution in [0, 0.1) is 17.0 Å². The van der Waals surface area contributed by atoms with Crippen molar-refractivity contribution in [2.45, 2.75) is 27.0 Å².